The zero-order chi connectivity index (χ0) is 29.4. The van der Waals surface area contributed by atoms with Gasteiger partial charge >= 0.3 is 0 Å². The van der Waals surface area contributed by atoms with Crippen LogP contribution in [0.25, 0.3) is 0 Å². The van der Waals surface area contributed by atoms with Gasteiger partial charge in [0.05, 0.1) is 17.7 Å². The number of rotatable bonds is 12. The van der Waals surface area contributed by atoms with E-state index in [2.05, 4.69) is 5.32 Å². The summed E-state index contributed by atoms with van der Waals surface area (Å²) in [6.45, 7) is 6.89. The van der Waals surface area contributed by atoms with Crippen LogP contribution in [0.3, 0.4) is 0 Å². The maximum absolute atomic E-state index is 14.0. The summed E-state index contributed by atoms with van der Waals surface area (Å²) >= 11 is 6.05. The van der Waals surface area contributed by atoms with Crippen molar-refractivity contribution in [1.29, 1.82) is 0 Å². The number of methoxy groups -OCH3 is 1. The highest BCUT2D eigenvalue weighted by Gasteiger charge is 2.33. The number of benzene rings is 3. The molecule has 3 aromatic carbocycles. The number of nitrogens with zero attached hydrogens (tertiary/aromatic N) is 2. The van der Waals surface area contributed by atoms with Gasteiger partial charge in [0.15, 0.2) is 0 Å². The fourth-order valence-corrected chi connectivity index (χ4v) is 5.50. The van der Waals surface area contributed by atoms with Gasteiger partial charge in [-0.2, -0.15) is 0 Å². The number of hydrogen-bond acceptors (Lipinski definition) is 5. The van der Waals surface area contributed by atoms with Crippen LogP contribution in [0.2, 0.25) is 5.02 Å². The predicted octanol–water partition coefficient (Wildman–Crippen LogP) is 5.18. The molecule has 2 amide bonds. The molecule has 1 N–H and O–H groups in total. The lowest BCUT2D eigenvalue weighted by Crippen LogP contribution is -2.52. The van der Waals surface area contributed by atoms with Crippen LogP contribution < -0.4 is 14.4 Å². The Morgan fingerprint density at radius 1 is 1.00 bits per heavy atom. The summed E-state index contributed by atoms with van der Waals surface area (Å²) in [5.74, 6) is -0.431. The summed E-state index contributed by atoms with van der Waals surface area (Å²) in [4.78, 5) is 28.5. The molecule has 2 atom stereocenters. The van der Waals surface area contributed by atoms with Gasteiger partial charge in [0.2, 0.25) is 11.8 Å². The number of halogens is 1. The minimum Gasteiger partial charge on any atom is -0.497 e. The molecule has 3 rings (SSSR count). The van der Waals surface area contributed by atoms with E-state index in [0.29, 0.717) is 10.8 Å². The van der Waals surface area contributed by atoms with Crippen molar-refractivity contribution in [3.8, 4) is 5.75 Å². The Bertz CT molecular complexity index is 1410. The average Bonchev–Trinajstić information content (AvgIpc) is 2.95. The number of amides is 2. The quantitative estimate of drug-likeness (QED) is 0.316. The Morgan fingerprint density at radius 3 is 2.25 bits per heavy atom. The SMILES string of the molecule is CC[C@@H](C)NC(=O)[C@H](C)N(Cc1ccc(Cl)cc1)C(=O)CN(c1cccc(OC)c1)S(=O)(=O)c1ccc(C)cc1. The summed E-state index contributed by atoms with van der Waals surface area (Å²) in [5, 5.41) is 3.46. The van der Waals surface area contributed by atoms with Gasteiger partial charge in [0.1, 0.15) is 18.3 Å². The Morgan fingerprint density at radius 2 is 1.65 bits per heavy atom. The first-order chi connectivity index (χ1) is 19.0. The minimum atomic E-state index is -4.16. The largest absolute Gasteiger partial charge is 0.497 e. The number of anilines is 1. The maximum Gasteiger partial charge on any atom is 0.264 e. The molecule has 40 heavy (non-hydrogen) atoms. The second-order valence-corrected chi connectivity index (χ2v) is 12.0. The summed E-state index contributed by atoms with van der Waals surface area (Å²) in [6.07, 6.45) is 0.724. The fraction of sp³-hybridized carbons (Fsp3) is 0.333. The van der Waals surface area contributed by atoms with E-state index >= 15 is 0 Å². The molecule has 0 aromatic heterocycles. The summed E-state index contributed by atoms with van der Waals surface area (Å²) in [6, 6.07) is 18.9. The molecule has 0 fully saturated rings. The monoisotopic (exact) mass is 585 g/mol. The van der Waals surface area contributed by atoms with E-state index in [0.717, 1.165) is 21.9 Å². The van der Waals surface area contributed by atoms with Crippen LogP contribution in [-0.2, 0) is 26.2 Å². The van der Waals surface area contributed by atoms with E-state index < -0.39 is 28.5 Å². The molecule has 0 bridgehead atoms. The van der Waals surface area contributed by atoms with Crippen molar-refractivity contribution >= 4 is 39.1 Å². The van der Waals surface area contributed by atoms with E-state index in [1.165, 1.54) is 24.1 Å². The van der Waals surface area contributed by atoms with E-state index in [-0.39, 0.29) is 29.1 Å². The fourth-order valence-electron chi connectivity index (χ4n) is 3.97. The van der Waals surface area contributed by atoms with Crippen LogP contribution in [0.1, 0.15) is 38.3 Å². The molecule has 214 valence electrons. The van der Waals surface area contributed by atoms with Crippen LogP contribution in [0.4, 0.5) is 5.69 Å². The molecule has 0 aliphatic heterocycles. The van der Waals surface area contributed by atoms with Gasteiger partial charge in [0, 0.05) is 23.7 Å². The van der Waals surface area contributed by atoms with Gasteiger partial charge in [-0.15, -0.1) is 0 Å². The lowest BCUT2D eigenvalue weighted by atomic mass is 10.1. The van der Waals surface area contributed by atoms with Gasteiger partial charge in [-0.05, 0) is 69.2 Å². The van der Waals surface area contributed by atoms with Crippen LogP contribution in [0.5, 0.6) is 5.75 Å². The van der Waals surface area contributed by atoms with Crippen molar-refractivity contribution in [2.75, 3.05) is 18.0 Å². The smallest absolute Gasteiger partial charge is 0.264 e. The highest BCUT2D eigenvalue weighted by atomic mass is 35.5. The highest BCUT2D eigenvalue weighted by molar-refractivity contribution is 7.92. The molecule has 0 aliphatic rings. The first-order valence-electron chi connectivity index (χ1n) is 13.0. The second-order valence-electron chi connectivity index (χ2n) is 9.67. The molecule has 0 saturated carbocycles. The van der Waals surface area contributed by atoms with Crippen molar-refractivity contribution in [3.63, 3.8) is 0 Å². The molecule has 0 heterocycles. The van der Waals surface area contributed by atoms with Crippen molar-refractivity contribution in [2.24, 2.45) is 0 Å². The molecule has 10 heteroatoms. The third kappa shape index (κ3) is 7.76. The van der Waals surface area contributed by atoms with Crippen LogP contribution in [0, 0.1) is 6.92 Å². The third-order valence-electron chi connectivity index (χ3n) is 6.66. The highest BCUT2D eigenvalue weighted by Crippen LogP contribution is 2.28. The molecule has 8 nitrogen and oxygen atoms in total. The van der Waals surface area contributed by atoms with Crippen LogP contribution >= 0.6 is 11.6 Å². The molecular formula is C30H36ClN3O5S. The first kappa shape index (κ1) is 31.0. The van der Waals surface area contributed by atoms with Crippen LogP contribution in [-0.4, -0.2) is 50.9 Å². The number of carbonyl (C=O) groups excluding carboxylic acids is 2. The van der Waals surface area contributed by atoms with E-state index in [1.54, 1.807) is 67.6 Å². The number of sulfonamides is 1. The number of aryl methyl sites for hydroxylation is 1. The second kappa shape index (κ2) is 13.7. The number of ether oxygens (including phenoxy) is 1. The molecule has 0 spiro atoms. The van der Waals surface area contributed by atoms with Gasteiger partial charge in [0.25, 0.3) is 10.0 Å². The molecule has 0 aliphatic carbocycles. The van der Waals surface area contributed by atoms with Gasteiger partial charge in [-0.25, -0.2) is 8.42 Å². The predicted molar refractivity (Wildman–Crippen MR) is 158 cm³/mol. The van der Waals surface area contributed by atoms with Crippen molar-refractivity contribution in [3.05, 3.63) is 88.9 Å². The molecule has 3 aromatic rings. The standard InChI is InChI=1S/C30H36ClN3O5S/c1-6-22(3)32-30(36)23(4)33(19-24-12-14-25(31)15-13-24)29(35)20-34(26-8-7-9-27(18-26)39-5)40(37,38)28-16-10-21(2)11-17-28/h7-18,22-23H,6,19-20H2,1-5H3,(H,32,36)/t22-,23+/m1/s1. The Labute approximate surface area is 241 Å². The molecular weight excluding hydrogens is 550 g/mol. The van der Waals surface area contributed by atoms with Crippen molar-refractivity contribution < 1.29 is 22.7 Å². The third-order valence-corrected chi connectivity index (χ3v) is 8.70. The Balaban J connectivity index is 2.04. The minimum absolute atomic E-state index is 0.0422. The maximum atomic E-state index is 14.0. The molecule has 0 unspecified atom stereocenters. The summed E-state index contributed by atoms with van der Waals surface area (Å²) in [5.41, 5.74) is 1.91. The van der Waals surface area contributed by atoms with Crippen molar-refractivity contribution in [2.45, 2.75) is 57.6 Å². The number of carbonyl (C=O) groups is 2. The lowest BCUT2D eigenvalue weighted by molar-refractivity contribution is -0.139. The Kier molecular flexibility index (Phi) is 10.6. The molecule has 0 radical (unpaired) electrons. The topological polar surface area (TPSA) is 96.0 Å². The van der Waals surface area contributed by atoms with Gasteiger partial charge in [-0.1, -0.05) is 54.4 Å². The zero-order valence-corrected chi connectivity index (χ0v) is 25.0. The Hall–Kier alpha value is -3.56. The summed E-state index contributed by atoms with van der Waals surface area (Å²) < 4.78 is 34.2. The normalized spacial score (nSPS) is 12.8. The lowest BCUT2D eigenvalue weighted by Gasteiger charge is -2.32. The van der Waals surface area contributed by atoms with Crippen molar-refractivity contribution in [1.82, 2.24) is 10.2 Å². The van der Waals surface area contributed by atoms with Crippen LogP contribution in [0.15, 0.2) is 77.7 Å². The van der Waals surface area contributed by atoms with E-state index in [9.17, 15) is 18.0 Å². The number of hydrogen-bond donors (Lipinski definition) is 1. The van der Waals surface area contributed by atoms with Gasteiger partial charge < -0.3 is 15.0 Å². The summed E-state index contributed by atoms with van der Waals surface area (Å²) in [7, 11) is -2.68. The van der Waals surface area contributed by atoms with E-state index in [1.807, 2.05) is 20.8 Å². The van der Waals surface area contributed by atoms with E-state index in [4.69, 9.17) is 16.3 Å². The van der Waals surface area contributed by atoms with Gasteiger partial charge in [-0.3, -0.25) is 13.9 Å². The number of nitrogens with one attached hydrogen (secondary N) is 1. The zero-order valence-electron chi connectivity index (χ0n) is 23.4. The average molecular weight is 586 g/mol. The first-order valence-corrected chi connectivity index (χ1v) is 14.9. The molecule has 0 saturated heterocycles.